The van der Waals surface area contributed by atoms with E-state index in [-0.39, 0.29) is 5.70 Å². The van der Waals surface area contributed by atoms with Gasteiger partial charge in [-0.25, -0.2) is 4.98 Å². The van der Waals surface area contributed by atoms with E-state index in [1.165, 1.54) is 12.1 Å². The molecule has 1 aliphatic heterocycles. The van der Waals surface area contributed by atoms with Gasteiger partial charge in [-0.3, -0.25) is 0 Å². The van der Waals surface area contributed by atoms with Crippen molar-refractivity contribution in [2.45, 2.75) is 19.3 Å². The zero-order valence-corrected chi connectivity index (χ0v) is 17.6. The maximum absolute atomic E-state index is 12.9. The number of aromatic nitrogens is 1. The van der Waals surface area contributed by atoms with Gasteiger partial charge in [0.15, 0.2) is 5.82 Å². The van der Waals surface area contributed by atoms with Gasteiger partial charge in [0.05, 0.1) is 12.1 Å². The fourth-order valence-corrected chi connectivity index (χ4v) is 3.60. The van der Waals surface area contributed by atoms with Crippen LogP contribution in [-0.4, -0.2) is 18.1 Å². The zero-order chi connectivity index (χ0) is 23.4. The lowest BCUT2D eigenvalue weighted by atomic mass is 10.1. The van der Waals surface area contributed by atoms with Crippen LogP contribution in [0.15, 0.2) is 72.5 Å². The van der Waals surface area contributed by atoms with Crippen LogP contribution in [0.2, 0.25) is 0 Å². The second kappa shape index (κ2) is 9.32. The number of alkyl halides is 3. The average molecular weight is 454 g/mol. The van der Waals surface area contributed by atoms with Crippen molar-refractivity contribution in [2.24, 2.45) is 5.18 Å². The molecule has 3 aromatic rings. The standard InChI is InChI=1S/C24H21F3N4O2/c1-16(30-32)19-6-2-17(3-7-19)14-29-23-22-21(10-11-28-23)33-13-12-31(22)15-18-4-8-20(9-5-18)24(25,26)27/h2-11H,1,12-15H2,(H,28,29). The van der Waals surface area contributed by atoms with Crippen LogP contribution in [-0.2, 0) is 19.3 Å². The first-order valence-corrected chi connectivity index (χ1v) is 10.2. The van der Waals surface area contributed by atoms with Gasteiger partial charge in [-0.15, -0.1) is 4.91 Å². The number of nitrogens with one attached hydrogen (secondary N) is 1. The van der Waals surface area contributed by atoms with Crippen LogP contribution in [0.5, 0.6) is 5.75 Å². The fourth-order valence-electron chi connectivity index (χ4n) is 3.60. The molecule has 0 saturated heterocycles. The minimum absolute atomic E-state index is 0.171. The van der Waals surface area contributed by atoms with Gasteiger partial charge in [0.25, 0.3) is 0 Å². The van der Waals surface area contributed by atoms with Crippen molar-refractivity contribution in [1.29, 1.82) is 0 Å². The van der Waals surface area contributed by atoms with E-state index in [1.807, 2.05) is 17.0 Å². The van der Waals surface area contributed by atoms with Crippen molar-refractivity contribution in [3.8, 4) is 5.75 Å². The Hall–Kier alpha value is -3.88. The van der Waals surface area contributed by atoms with Gasteiger partial charge in [0.1, 0.15) is 23.7 Å². The normalized spacial score (nSPS) is 13.1. The Labute approximate surface area is 188 Å². The molecule has 0 saturated carbocycles. The maximum atomic E-state index is 12.9. The third-order valence-electron chi connectivity index (χ3n) is 5.33. The number of anilines is 2. The number of rotatable bonds is 7. The first-order chi connectivity index (χ1) is 15.8. The highest BCUT2D eigenvalue weighted by Gasteiger charge is 2.30. The largest absolute Gasteiger partial charge is 0.489 e. The monoisotopic (exact) mass is 454 g/mol. The van der Waals surface area contributed by atoms with Crippen molar-refractivity contribution in [3.05, 3.63) is 94.5 Å². The molecule has 0 atom stereocenters. The molecule has 0 amide bonds. The molecule has 9 heteroatoms. The molecule has 170 valence electrons. The highest BCUT2D eigenvalue weighted by molar-refractivity contribution is 5.74. The molecule has 4 rings (SSSR count). The molecule has 0 fully saturated rings. The van der Waals surface area contributed by atoms with E-state index in [2.05, 4.69) is 22.1 Å². The van der Waals surface area contributed by atoms with E-state index < -0.39 is 11.7 Å². The number of fused-ring (bicyclic) bond motifs is 1. The van der Waals surface area contributed by atoms with E-state index in [0.29, 0.717) is 43.4 Å². The van der Waals surface area contributed by atoms with Crippen molar-refractivity contribution in [3.63, 3.8) is 0 Å². The summed E-state index contributed by atoms with van der Waals surface area (Å²) < 4.78 is 44.4. The van der Waals surface area contributed by atoms with Gasteiger partial charge >= 0.3 is 6.18 Å². The molecule has 2 aromatic carbocycles. The molecule has 2 heterocycles. The van der Waals surface area contributed by atoms with Gasteiger partial charge in [0, 0.05) is 30.9 Å². The molecule has 0 bridgehead atoms. The molecule has 0 radical (unpaired) electrons. The molecular formula is C24H21F3N4O2. The number of pyridine rings is 1. The molecule has 0 unspecified atom stereocenters. The van der Waals surface area contributed by atoms with Crippen LogP contribution >= 0.6 is 0 Å². The molecule has 33 heavy (non-hydrogen) atoms. The average Bonchev–Trinajstić information content (AvgIpc) is 2.82. The summed E-state index contributed by atoms with van der Waals surface area (Å²) in [6, 6.07) is 14.2. The number of halogens is 3. The number of ether oxygens (including phenoxy) is 1. The zero-order valence-electron chi connectivity index (χ0n) is 17.6. The van der Waals surface area contributed by atoms with Crippen LogP contribution in [0, 0.1) is 4.91 Å². The Bertz CT molecular complexity index is 1150. The Morgan fingerprint density at radius 1 is 1.09 bits per heavy atom. The van der Waals surface area contributed by atoms with Crippen LogP contribution < -0.4 is 15.0 Å². The molecule has 1 N–H and O–H groups in total. The van der Waals surface area contributed by atoms with Crippen molar-refractivity contribution in [2.75, 3.05) is 23.4 Å². The summed E-state index contributed by atoms with van der Waals surface area (Å²) in [5.41, 5.74) is 2.63. The van der Waals surface area contributed by atoms with E-state index in [1.54, 1.807) is 24.4 Å². The van der Waals surface area contributed by atoms with Crippen molar-refractivity contribution < 1.29 is 17.9 Å². The molecular weight excluding hydrogens is 433 g/mol. The molecule has 0 aliphatic carbocycles. The van der Waals surface area contributed by atoms with E-state index in [0.717, 1.165) is 28.9 Å². The molecule has 1 aromatic heterocycles. The third kappa shape index (κ3) is 5.14. The van der Waals surface area contributed by atoms with Gasteiger partial charge in [0.2, 0.25) is 0 Å². The lowest BCUT2D eigenvalue weighted by Crippen LogP contribution is -2.33. The molecule has 6 nitrogen and oxygen atoms in total. The summed E-state index contributed by atoms with van der Waals surface area (Å²) in [4.78, 5) is 17.1. The Balaban J connectivity index is 1.51. The predicted molar refractivity (Wildman–Crippen MR) is 121 cm³/mol. The molecule has 1 aliphatic rings. The summed E-state index contributed by atoms with van der Waals surface area (Å²) in [6.45, 7) is 5.53. The van der Waals surface area contributed by atoms with Crippen LogP contribution in [0.4, 0.5) is 24.7 Å². The first kappa shape index (κ1) is 22.3. The quantitative estimate of drug-likeness (QED) is 0.454. The molecule has 0 spiro atoms. The Morgan fingerprint density at radius 3 is 2.45 bits per heavy atom. The number of benzene rings is 2. The summed E-state index contributed by atoms with van der Waals surface area (Å²) in [5, 5.41) is 6.15. The lowest BCUT2D eigenvalue weighted by Gasteiger charge is -2.32. The minimum atomic E-state index is -4.36. The van der Waals surface area contributed by atoms with Crippen molar-refractivity contribution in [1.82, 2.24) is 4.98 Å². The smallest absolute Gasteiger partial charge is 0.416 e. The summed E-state index contributed by atoms with van der Waals surface area (Å²) in [7, 11) is 0. The minimum Gasteiger partial charge on any atom is -0.489 e. The van der Waals surface area contributed by atoms with Gasteiger partial charge in [-0.2, -0.15) is 13.2 Å². The number of nitrogens with zero attached hydrogens (tertiary/aromatic N) is 3. The number of nitroso groups, excluding NO2 is 1. The predicted octanol–water partition coefficient (Wildman–Crippen LogP) is 5.85. The lowest BCUT2D eigenvalue weighted by molar-refractivity contribution is -0.137. The topological polar surface area (TPSA) is 66.8 Å². The first-order valence-electron chi connectivity index (χ1n) is 10.2. The highest BCUT2D eigenvalue weighted by Crippen LogP contribution is 2.38. The van der Waals surface area contributed by atoms with Crippen molar-refractivity contribution >= 4 is 17.2 Å². The second-order valence-electron chi connectivity index (χ2n) is 7.56. The summed E-state index contributed by atoms with van der Waals surface area (Å²) in [5.74, 6) is 1.27. The summed E-state index contributed by atoms with van der Waals surface area (Å²) >= 11 is 0. The third-order valence-corrected chi connectivity index (χ3v) is 5.33. The van der Waals surface area contributed by atoms with Gasteiger partial charge in [-0.1, -0.05) is 43.0 Å². The van der Waals surface area contributed by atoms with E-state index >= 15 is 0 Å². The second-order valence-corrected chi connectivity index (χ2v) is 7.56. The van der Waals surface area contributed by atoms with E-state index in [9.17, 15) is 18.1 Å². The Kier molecular flexibility index (Phi) is 6.30. The fraction of sp³-hybridized carbons (Fsp3) is 0.208. The maximum Gasteiger partial charge on any atom is 0.416 e. The highest BCUT2D eigenvalue weighted by atomic mass is 19.4. The van der Waals surface area contributed by atoms with Gasteiger partial charge < -0.3 is 15.0 Å². The van der Waals surface area contributed by atoms with Crippen LogP contribution in [0.3, 0.4) is 0 Å². The Morgan fingerprint density at radius 2 is 1.79 bits per heavy atom. The van der Waals surface area contributed by atoms with Crippen LogP contribution in [0.1, 0.15) is 22.3 Å². The van der Waals surface area contributed by atoms with E-state index in [4.69, 9.17) is 4.74 Å². The SMILES string of the molecule is C=C(N=O)c1ccc(CNc2nccc3c2N(Cc2ccc(C(F)(F)F)cc2)CCO3)cc1. The van der Waals surface area contributed by atoms with Crippen LogP contribution in [0.25, 0.3) is 5.70 Å². The van der Waals surface area contributed by atoms with Gasteiger partial charge in [-0.05, 0) is 28.4 Å². The number of hydrogen-bond acceptors (Lipinski definition) is 6. The summed E-state index contributed by atoms with van der Waals surface area (Å²) in [6.07, 6.45) is -2.72. The number of hydrogen-bond donors (Lipinski definition) is 1.